The van der Waals surface area contributed by atoms with Crippen LogP contribution in [0.3, 0.4) is 0 Å². The number of morpholine rings is 1. The number of hydrogen-bond acceptors (Lipinski definition) is 3. The van der Waals surface area contributed by atoms with Gasteiger partial charge in [-0.25, -0.2) is 4.79 Å². The Morgan fingerprint density at radius 3 is 2.86 bits per heavy atom. The molecule has 2 rings (SSSR count). The van der Waals surface area contributed by atoms with Crippen molar-refractivity contribution in [2.75, 3.05) is 19.7 Å². The van der Waals surface area contributed by atoms with E-state index in [1.165, 1.54) is 6.08 Å². The molecular weight excluding hydrogens is 294 g/mol. The van der Waals surface area contributed by atoms with E-state index in [0.717, 1.165) is 6.08 Å². The first-order chi connectivity index (χ1) is 9.97. The molecule has 5 nitrogen and oxygen atoms in total. The zero-order valence-electron chi connectivity index (χ0n) is 11.6. The summed E-state index contributed by atoms with van der Waals surface area (Å²) in [4.78, 5) is 24.6. The quantitative estimate of drug-likeness (QED) is 0.870. The van der Waals surface area contributed by atoms with Gasteiger partial charge in [-0.15, -0.1) is 0 Å². The molecule has 1 saturated heterocycles. The van der Waals surface area contributed by atoms with Gasteiger partial charge in [0.25, 0.3) is 5.91 Å². The molecule has 1 aromatic carbocycles. The fourth-order valence-corrected chi connectivity index (χ4v) is 2.39. The Labute approximate surface area is 127 Å². The van der Waals surface area contributed by atoms with E-state index in [1.54, 1.807) is 23.1 Å². The lowest BCUT2D eigenvalue weighted by atomic mass is 10.1. The van der Waals surface area contributed by atoms with Gasteiger partial charge in [0.05, 0.1) is 12.7 Å². The van der Waals surface area contributed by atoms with Crippen molar-refractivity contribution in [3.8, 4) is 0 Å². The summed E-state index contributed by atoms with van der Waals surface area (Å²) >= 11 is 6.08. The average molecular weight is 310 g/mol. The molecule has 1 heterocycles. The lowest BCUT2D eigenvalue weighted by Crippen LogP contribution is -2.44. The lowest BCUT2D eigenvalue weighted by molar-refractivity contribution is -0.131. The standard InChI is InChI=1S/C15H16ClNO4/c1-10-9-17(6-7-21-10)15(20)12-3-2-11(13(16)8-12)4-5-14(18)19/h2-5,8,10H,6-7,9H2,1H3,(H,18,19)/b5-4+. The van der Waals surface area contributed by atoms with Gasteiger partial charge in [-0.2, -0.15) is 0 Å². The molecule has 1 N–H and O–H groups in total. The summed E-state index contributed by atoms with van der Waals surface area (Å²) in [7, 11) is 0. The molecule has 1 aromatic rings. The highest BCUT2D eigenvalue weighted by Gasteiger charge is 2.22. The van der Waals surface area contributed by atoms with Crippen molar-refractivity contribution < 1.29 is 19.4 Å². The lowest BCUT2D eigenvalue weighted by Gasteiger charge is -2.31. The number of benzene rings is 1. The largest absolute Gasteiger partial charge is 0.478 e. The van der Waals surface area contributed by atoms with E-state index >= 15 is 0 Å². The van der Waals surface area contributed by atoms with Crippen LogP contribution >= 0.6 is 11.6 Å². The summed E-state index contributed by atoms with van der Waals surface area (Å²) in [6.07, 6.45) is 2.43. The molecule has 0 spiro atoms. The van der Waals surface area contributed by atoms with Crippen LogP contribution in [-0.4, -0.2) is 47.7 Å². The van der Waals surface area contributed by atoms with E-state index in [4.69, 9.17) is 21.4 Å². The van der Waals surface area contributed by atoms with Crippen molar-refractivity contribution in [2.24, 2.45) is 0 Å². The molecule has 1 aliphatic rings. The van der Waals surface area contributed by atoms with Gasteiger partial charge in [0.15, 0.2) is 0 Å². The third-order valence-electron chi connectivity index (χ3n) is 3.18. The number of ether oxygens (including phenoxy) is 1. The summed E-state index contributed by atoms with van der Waals surface area (Å²) in [6.45, 7) is 3.56. The maximum atomic E-state index is 12.4. The first-order valence-corrected chi connectivity index (χ1v) is 6.96. The fourth-order valence-electron chi connectivity index (χ4n) is 2.14. The van der Waals surface area contributed by atoms with Gasteiger partial charge in [-0.3, -0.25) is 4.79 Å². The minimum Gasteiger partial charge on any atom is -0.478 e. The molecule has 1 amide bonds. The highest BCUT2D eigenvalue weighted by Crippen LogP contribution is 2.21. The number of halogens is 1. The first-order valence-electron chi connectivity index (χ1n) is 6.59. The number of carboxylic acids is 1. The summed E-state index contributed by atoms with van der Waals surface area (Å²) in [5, 5.41) is 8.95. The highest BCUT2D eigenvalue weighted by molar-refractivity contribution is 6.32. The minimum atomic E-state index is -1.05. The molecule has 1 atom stereocenters. The Morgan fingerprint density at radius 2 is 2.24 bits per heavy atom. The number of carbonyl (C=O) groups excluding carboxylic acids is 1. The van der Waals surface area contributed by atoms with Crippen molar-refractivity contribution in [1.82, 2.24) is 4.90 Å². The average Bonchev–Trinajstić information content (AvgIpc) is 2.45. The van der Waals surface area contributed by atoms with E-state index in [9.17, 15) is 9.59 Å². The van der Waals surface area contributed by atoms with E-state index in [1.807, 2.05) is 6.92 Å². The number of amides is 1. The van der Waals surface area contributed by atoms with Gasteiger partial charge < -0.3 is 14.7 Å². The normalized spacial score (nSPS) is 19.0. The predicted octanol–water partition coefficient (Wildman–Crippen LogP) is 2.30. The van der Waals surface area contributed by atoms with Crippen LogP contribution in [0.4, 0.5) is 0 Å². The van der Waals surface area contributed by atoms with Crippen LogP contribution in [0.5, 0.6) is 0 Å². The molecule has 0 aromatic heterocycles. The second kappa shape index (κ2) is 6.74. The molecule has 0 bridgehead atoms. The van der Waals surface area contributed by atoms with Gasteiger partial charge in [-0.1, -0.05) is 17.7 Å². The molecule has 1 fully saturated rings. The van der Waals surface area contributed by atoms with E-state index in [0.29, 0.717) is 35.8 Å². The van der Waals surface area contributed by atoms with Gasteiger partial charge in [0, 0.05) is 29.8 Å². The zero-order valence-corrected chi connectivity index (χ0v) is 12.3. The van der Waals surface area contributed by atoms with Crippen LogP contribution < -0.4 is 0 Å². The van der Waals surface area contributed by atoms with Crippen molar-refractivity contribution in [3.63, 3.8) is 0 Å². The molecular formula is C15H16ClNO4. The van der Waals surface area contributed by atoms with Crippen LogP contribution in [0.2, 0.25) is 5.02 Å². The van der Waals surface area contributed by atoms with Crippen LogP contribution in [0, 0.1) is 0 Å². The summed E-state index contributed by atoms with van der Waals surface area (Å²) < 4.78 is 5.41. The second-order valence-corrected chi connectivity index (χ2v) is 5.25. The number of aliphatic carboxylic acids is 1. The van der Waals surface area contributed by atoms with Crippen LogP contribution in [0.1, 0.15) is 22.8 Å². The van der Waals surface area contributed by atoms with E-state index in [2.05, 4.69) is 0 Å². The van der Waals surface area contributed by atoms with Crippen molar-refractivity contribution in [3.05, 3.63) is 40.4 Å². The predicted molar refractivity (Wildman–Crippen MR) is 79.4 cm³/mol. The molecule has 112 valence electrons. The fraction of sp³-hybridized carbons (Fsp3) is 0.333. The molecule has 1 aliphatic heterocycles. The minimum absolute atomic E-state index is 0.0240. The van der Waals surface area contributed by atoms with Crippen LogP contribution in [-0.2, 0) is 9.53 Å². The van der Waals surface area contributed by atoms with Crippen molar-refractivity contribution in [2.45, 2.75) is 13.0 Å². The van der Waals surface area contributed by atoms with Gasteiger partial charge in [0.1, 0.15) is 0 Å². The monoisotopic (exact) mass is 309 g/mol. The molecule has 6 heteroatoms. The van der Waals surface area contributed by atoms with Gasteiger partial charge >= 0.3 is 5.97 Å². The molecule has 0 aliphatic carbocycles. The Balaban J connectivity index is 2.15. The molecule has 0 saturated carbocycles. The third kappa shape index (κ3) is 4.06. The zero-order chi connectivity index (χ0) is 15.4. The Morgan fingerprint density at radius 1 is 1.48 bits per heavy atom. The smallest absolute Gasteiger partial charge is 0.328 e. The summed E-state index contributed by atoms with van der Waals surface area (Å²) in [5.41, 5.74) is 1.05. The maximum absolute atomic E-state index is 12.4. The number of nitrogens with zero attached hydrogens (tertiary/aromatic N) is 1. The number of hydrogen-bond donors (Lipinski definition) is 1. The van der Waals surface area contributed by atoms with Crippen molar-refractivity contribution in [1.29, 1.82) is 0 Å². The molecule has 21 heavy (non-hydrogen) atoms. The Hall–Kier alpha value is -1.85. The highest BCUT2D eigenvalue weighted by atomic mass is 35.5. The number of carbonyl (C=O) groups is 2. The Bertz CT molecular complexity index is 585. The van der Waals surface area contributed by atoms with E-state index in [-0.39, 0.29) is 12.0 Å². The van der Waals surface area contributed by atoms with Gasteiger partial charge in [0.2, 0.25) is 0 Å². The summed E-state index contributed by atoms with van der Waals surface area (Å²) in [5.74, 6) is -1.14. The van der Waals surface area contributed by atoms with Gasteiger partial charge in [-0.05, 0) is 30.7 Å². The summed E-state index contributed by atoms with van der Waals surface area (Å²) in [6, 6.07) is 4.85. The Kier molecular flexibility index (Phi) is 4.98. The van der Waals surface area contributed by atoms with Crippen molar-refractivity contribution >= 4 is 29.6 Å². The van der Waals surface area contributed by atoms with E-state index < -0.39 is 5.97 Å². The second-order valence-electron chi connectivity index (χ2n) is 4.84. The topological polar surface area (TPSA) is 66.8 Å². The van der Waals surface area contributed by atoms with Crippen LogP contribution in [0.15, 0.2) is 24.3 Å². The third-order valence-corrected chi connectivity index (χ3v) is 3.51. The maximum Gasteiger partial charge on any atom is 0.328 e. The number of rotatable bonds is 3. The SMILES string of the molecule is CC1CN(C(=O)c2ccc(/C=C/C(=O)O)c(Cl)c2)CCO1. The first kappa shape index (κ1) is 15.5. The number of carboxylic acid groups (broad SMARTS) is 1. The molecule has 1 unspecified atom stereocenters. The molecule has 0 radical (unpaired) electrons. The van der Waals surface area contributed by atoms with Crippen LogP contribution in [0.25, 0.3) is 6.08 Å².